The minimum absolute atomic E-state index is 0.0172. The van der Waals surface area contributed by atoms with Crippen LogP contribution in [-0.4, -0.2) is 33.6 Å². The monoisotopic (exact) mass is 452 g/mol. The number of hydrogen-bond donors (Lipinski definition) is 2. The van der Waals surface area contributed by atoms with Crippen LogP contribution in [0, 0.1) is 6.92 Å². The van der Waals surface area contributed by atoms with E-state index in [9.17, 15) is 13.2 Å². The lowest BCUT2D eigenvalue weighted by Crippen LogP contribution is -2.32. The highest BCUT2D eigenvalue weighted by atomic mass is 79.9. The fourth-order valence-electron chi connectivity index (χ4n) is 2.87. The number of carbonyl (C=O) groups is 1. The minimum Gasteiger partial charge on any atom is -0.376 e. The number of anilines is 1. The zero-order chi connectivity index (χ0) is 19.4. The third-order valence-electron chi connectivity index (χ3n) is 4.37. The molecule has 1 atom stereocenters. The molecule has 0 unspecified atom stereocenters. The molecule has 1 aliphatic heterocycles. The largest absolute Gasteiger partial charge is 0.376 e. The van der Waals surface area contributed by atoms with E-state index >= 15 is 0 Å². The number of hydrogen-bond acceptors (Lipinski definition) is 4. The van der Waals surface area contributed by atoms with E-state index in [1.807, 2.05) is 6.92 Å². The second kappa shape index (κ2) is 8.41. The predicted octanol–water partition coefficient (Wildman–Crippen LogP) is 3.47. The van der Waals surface area contributed by atoms with E-state index in [4.69, 9.17) is 4.74 Å². The number of ether oxygens (including phenoxy) is 1. The summed E-state index contributed by atoms with van der Waals surface area (Å²) in [7, 11) is -3.81. The molecule has 0 saturated carbocycles. The highest BCUT2D eigenvalue weighted by Crippen LogP contribution is 2.24. The summed E-state index contributed by atoms with van der Waals surface area (Å²) in [6.45, 7) is 2.94. The van der Waals surface area contributed by atoms with Crippen LogP contribution in [0.3, 0.4) is 0 Å². The van der Waals surface area contributed by atoms with E-state index in [2.05, 4.69) is 26.0 Å². The first-order valence-corrected chi connectivity index (χ1v) is 10.9. The molecule has 2 aromatic carbocycles. The third kappa shape index (κ3) is 4.88. The van der Waals surface area contributed by atoms with Gasteiger partial charge in [0.25, 0.3) is 15.9 Å². The van der Waals surface area contributed by atoms with Crippen LogP contribution in [-0.2, 0) is 14.8 Å². The van der Waals surface area contributed by atoms with Gasteiger partial charge in [0.2, 0.25) is 0 Å². The summed E-state index contributed by atoms with van der Waals surface area (Å²) >= 11 is 3.36. The Hall–Kier alpha value is -1.90. The quantitative estimate of drug-likeness (QED) is 0.702. The van der Waals surface area contributed by atoms with E-state index < -0.39 is 10.0 Å². The first kappa shape index (κ1) is 19.9. The molecule has 1 fully saturated rings. The molecule has 3 rings (SSSR count). The highest BCUT2D eigenvalue weighted by molar-refractivity contribution is 9.10. The standard InChI is InChI=1S/C19H21BrN2O4S/c1-13-11-15(8-9-17(13)20)27(24,25)22-18-7-3-2-6-16(18)19(23)21-12-14-5-4-10-26-14/h2-3,6-9,11,14,22H,4-5,10,12H2,1H3,(H,21,23)/t14-/m0/s1. The first-order valence-electron chi connectivity index (χ1n) is 8.64. The van der Waals surface area contributed by atoms with Gasteiger partial charge in [-0.15, -0.1) is 0 Å². The molecular formula is C19H21BrN2O4S. The van der Waals surface area contributed by atoms with Gasteiger partial charge in [-0.3, -0.25) is 9.52 Å². The summed E-state index contributed by atoms with van der Waals surface area (Å²) in [5, 5.41) is 2.82. The fraction of sp³-hybridized carbons (Fsp3) is 0.316. The molecule has 0 radical (unpaired) electrons. The summed E-state index contributed by atoms with van der Waals surface area (Å²) in [6.07, 6.45) is 1.92. The number of halogens is 1. The van der Waals surface area contributed by atoms with E-state index in [-0.39, 0.29) is 28.2 Å². The van der Waals surface area contributed by atoms with Crippen LogP contribution in [0.25, 0.3) is 0 Å². The topological polar surface area (TPSA) is 84.5 Å². The van der Waals surface area contributed by atoms with Gasteiger partial charge in [0.1, 0.15) is 0 Å². The Kier molecular flexibility index (Phi) is 6.18. The Balaban J connectivity index is 1.78. The number of carbonyl (C=O) groups excluding carboxylic acids is 1. The Morgan fingerprint density at radius 3 is 2.74 bits per heavy atom. The van der Waals surface area contributed by atoms with Crippen molar-refractivity contribution in [1.29, 1.82) is 0 Å². The Morgan fingerprint density at radius 1 is 1.26 bits per heavy atom. The number of para-hydroxylation sites is 1. The average molecular weight is 453 g/mol. The molecule has 27 heavy (non-hydrogen) atoms. The number of rotatable bonds is 6. The second-order valence-corrected chi connectivity index (χ2v) is 8.94. The molecule has 1 saturated heterocycles. The molecule has 6 nitrogen and oxygen atoms in total. The number of benzene rings is 2. The van der Waals surface area contributed by atoms with Crippen LogP contribution >= 0.6 is 15.9 Å². The van der Waals surface area contributed by atoms with E-state index in [0.717, 1.165) is 22.9 Å². The van der Waals surface area contributed by atoms with Gasteiger partial charge in [-0.2, -0.15) is 0 Å². The van der Waals surface area contributed by atoms with Gasteiger partial charge in [0.15, 0.2) is 0 Å². The second-order valence-electron chi connectivity index (χ2n) is 6.41. The molecule has 0 aromatic heterocycles. The number of sulfonamides is 1. The van der Waals surface area contributed by atoms with Crippen molar-refractivity contribution in [2.24, 2.45) is 0 Å². The SMILES string of the molecule is Cc1cc(S(=O)(=O)Nc2ccccc2C(=O)NC[C@@H]2CCCO2)ccc1Br. The lowest BCUT2D eigenvalue weighted by atomic mass is 10.1. The van der Waals surface area contributed by atoms with Crippen molar-refractivity contribution in [3.63, 3.8) is 0 Å². The number of amides is 1. The first-order chi connectivity index (χ1) is 12.9. The highest BCUT2D eigenvalue weighted by Gasteiger charge is 2.21. The Labute approximate surface area is 167 Å². The van der Waals surface area contributed by atoms with Gasteiger partial charge in [-0.05, 0) is 55.7 Å². The van der Waals surface area contributed by atoms with Crippen molar-refractivity contribution in [3.8, 4) is 0 Å². The number of nitrogens with one attached hydrogen (secondary N) is 2. The van der Waals surface area contributed by atoms with Gasteiger partial charge in [0.05, 0.1) is 22.3 Å². The third-order valence-corrected chi connectivity index (χ3v) is 6.62. The van der Waals surface area contributed by atoms with Crippen LogP contribution in [0.5, 0.6) is 0 Å². The normalized spacial score (nSPS) is 16.9. The Bertz CT molecular complexity index is 940. The molecule has 0 aliphatic carbocycles. The van der Waals surface area contributed by atoms with Crippen LogP contribution < -0.4 is 10.0 Å². The van der Waals surface area contributed by atoms with Gasteiger partial charge in [0, 0.05) is 17.6 Å². The van der Waals surface area contributed by atoms with Crippen molar-refractivity contribution in [2.45, 2.75) is 30.8 Å². The van der Waals surface area contributed by atoms with Crippen molar-refractivity contribution in [1.82, 2.24) is 5.32 Å². The zero-order valence-electron chi connectivity index (χ0n) is 14.9. The molecule has 0 spiro atoms. The summed E-state index contributed by atoms with van der Waals surface area (Å²) in [5.74, 6) is -0.337. The van der Waals surface area contributed by atoms with E-state index in [0.29, 0.717) is 13.2 Å². The molecule has 8 heteroatoms. The minimum atomic E-state index is -3.81. The predicted molar refractivity (Wildman–Crippen MR) is 107 cm³/mol. The summed E-state index contributed by atoms with van der Waals surface area (Å²) in [4.78, 5) is 12.7. The van der Waals surface area contributed by atoms with Gasteiger partial charge in [-0.1, -0.05) is 28.1 Å². The van der Waals surface area contributed by atoms with Gasteiger partial charge < -0.3 is 10.1 Å². The van der Waals surface area contributed by atoms with Gasteiger partial charge >= 0.3 is 0 Å². The maximum absolute atomic E-state index is 12.7. The number of aryl methyl sites for hydroxylation is 1. The maximum Gasteiger partial charge on any atom is 0.261 e. The van der Waals surface area contributed by atoms with Gasteiger partial charge in [-0.25, -0.2) is 8.42 Å². The van der Waals surface area contributed by atoms with Crippen molar-refractivity contribution in [3.05, 3.63) is 58.1 Å². The van der Waals surface area contributed by atoms with Crippen molar-refractivity contribution in [2.75, 3.05) is 17.9 Å². The van der Waals surface area contributed by atoms with Crippen molar-refractivity contribution >= 4 is 37.5 Å². The maximum atomic E-state index is 12.7. The van der Waals surface area contributed by atoms with E-state index in [1.54, 1.807) is 36.4 Å². The molecule has 2 aromatic rings. The lowest BCUT2D eigenvalue weighted by molar-refractivity contribution is 0.0858. The molecular weight excluding hydrogens is 432 g/mol. The van der Waals surface area contributed by atoms with Crippen molar-refractivity contribution < 1.29 is 17.9 Å². The lowest BCUT2D eigenvalue weighted by Gasteiger charge is -2.15. The molecule has 1 heterocycles. The summed E-state index contributed by atoms with van der Waals surface area (Å²) in [5.41, 5.74) is 1.32. The smallest absolute Gasteiger partial charge is 0.261 e. The van der Waals surface area contributed by atoms with Crippen LogP contribution in [0.4, 0.5) is 5.69 Å². The summed E-state index contributed by atoms with van der Waals surface area (Å²) in [6, 6.07) is 11.3. The Morgan fingerprint density at radius 2 is 2.04 bits per heavy atom. The summed E-state index contributed by atoms with van der Waals surface area (Å²) < 4.78 is 34.3. The molecule has 1 aliphatic rings. The van der Waals surface area contributed by atoms with E-state index in [1.165, 1.54) is 6.07 Å². The molecule has 0 bridgehead atoms. The fourth-order valence-corrected chi connectivity index (χ4v) is 4.28. The van der Waals surface area contributed by atoms with Crippen LogP contribution in [0.1, 0.15) is 28.8 Å². The molecule has 144 valence electrons. The zero-order valence-corrected chi connectivity index (χ0v) is 17.3. The van der Waals surface area contributed by atoms with Crippen LogP contribution in [0.15, 0.2) is 51.8 Å². The van der Waals surface area contributed by atoms with Crippen LogP contribution in [0.2, 0.25) is 0 Å². The average Bonchev–Trinajstić information content (AvgIpc) is 3.15. The molecule has 1 amide bonds. The molecule has 2 N–H and O–H groups in total.